The molecule has 1 aliphatic rings. The maximum absolute atomic E-state index is 12.9. The van der Waals surface area contributed by atoms with E-state index in [2.05, 4.69) is 48.3 Å². The third-order valence-electron chi connectivity index (χ3n) is 4.96. The molecule has 1 atom stereocenters. The molecule has 1 aromatic carbocycles. The third kappa shape index (κ3) is 5.35. The van der Waals surface area contributed by atoms with Gasteiger partial charge in [0.25, 0.3) is 0 Å². The summed E-state index contributed by atoms with van der Waals surface area (Å²) in [6, 6.07) is 10.7. The Morgan fingerprint density at radius 3 is 2.52 bits per heavy atom. The first-order chi connectivity index (χ1) is 11.3. The van der Waals surface area contributed by atoms with Crippen LogP contribution in [-0.2, 0) is 4.79 Å². The summed E-state index contributed by atoms with van der Waals surface area (Å²) >= 11 is 0. The van der Waals surface area contributed by atoms with E-state index in [1.165, 1.54) is 18.4 Å². The highest BCUT2D eigenvalue weighted by molar-refractivity contribution is 5.76. The molecule has 1 aliphatic heterocycles. The van der Waals surface area contributed by atoms with Crippen molar-refractivity contribution in [3.05, 3.63) is 35.9 Å². The van der Waals surface area contributed by atoms with E-state index in [0.29, 0.717) is 12.3 Å². The van der Waals surface area contributed by atoms with Crippen LogP contribution in [0.4, 0.5) is 0 Å². The molecule has 0 bridgehead atoms. The summed E-state index contributed by atoms with van der Waals surface area (Å²) in [7, 11) is 0. The van der Waals surface area contributed by atoms with Crippen molar-refractivity contribution in [1.29, 1.82) is 0 Å². The summed E-state index contributed by atoms with van der Waals surface area (Å²) in [6.45, 7) is 7.42. The lowest BCUT2D eigenvalue weighted by Crippen LogP contribution is -2.36. The SMILES string of the molecule is CCCN(C(=O)CCC1CCNCC1)C(CC)c1ccccc1. The van der Waals surface area contributed by atoms with E-state index in [-0.39, 0.29) is 6.04 Å². The molecule has 1 aromatic rings. The van der Waals surface area contributed by atoms with Gasteiger partial charge in [-0.05, 0) is 56.7 Å². The fourth-order valence-electron chi connectivity index (χ4n) is 3.65. The predicted octanol–water partition coefficient (Wildman–Crippen LogP) is 4.16. The van der Waals surface area contributed by atoms with Crippen molar-refractivity contribution in [2.24, 2.45) is 5.92 Å². The minimum absolute atomic E-state index is 0.219. The first-order valence-electron chi connectivity index (χ1n) is 9.31. The predicted molar refractivity (Wildman–Crippen MR) is 96.3 cm³/mol. The molecule has 0 spiro atoms. The lowest BCUT2D eigenvalue weighted by Gasteiger charge is -2.32. The molecule has 2 rings (SSSR count). The van der Waals surface area contributed by atoms with Gasteiger partial charge in [0.05, 0.1) is 6.04 Å². The van der Waals surface area contributed by atoms with Gasteiger partial charge in [0.15, 0.2) is 0 Å². The Morgan fingerprint density at radius 2 is 1.91 bits per heavy atom. The van der Waals surface area contributed by atoms with Gasteiger partial charge in [-0.2, -0.15) is 0 Å². The number of carbonyl (C=O) groups excluding carboxylic acids is 1. The summed E-state index contributed by atoms with van der Waals surface area (Å²) in [5.74, 6) is 1.06. The van der Waals surface area contributed by atoms with Crippen molar-refractivity contribution in [3.63, 3.8) is 0 Å². The first-order valence-corrected chi connectivity index (χ1v) is 9.31. The summed E-state index contributed by atoms with van der Waals surface area (Å²) in [5, 5.41) is 3.40. The van der Waals surface area contributed by atoms with Gasteiger partial charge in [-0.25, -0.2) is 0 Å². The molecule has 0 aromatic heterocycles. The second kappa shape index (κ2) is 9.71. The minimum atomic E-state index is 0.219. The number of nitrogens with zero attached hydrogens (tertiary/aromatic N) is 1. The number of nitrogens with one attached hydrogen (secondary N) is 1. The molecular weight excluding hydrogens is 284 g/mol. The molecule has 1 saturated heterocycles. The minimum Gasteiger partial charge on any atom is -0.336 e. The smallest absolute Gasteiger partial charge is 0.223 e. The van der Waals surface area contributed by atoms with Crippen molar-refractivity contribution in [3.8, 4) is 0 Å². The van der Waals surface area contributed by atoms with Crippen LogP contribution in [0.3, 0.4) is 0 Å². The van der Waals surface area contributed by atoms with Crippen LogP contribution in [0.25, 0.3) is 0 Å². The highest BCUT2D eigenvalue weighted by atomic mass is 16.2. The van der Waals surface area contributed by atoms with Gasteiger partial charge in [-0.1, -0.05) is 44.2 Å². The Hall–Kier alpha value is -1.35. The number of piperidine rings is 1. The second-order valence-corrected chi connectivity index (χ2v) is 6.65. The number of hydrogen-bond acceptors (Lipinski definition) is 2. The van der Waals surface area contributed by atoms with Gasteiger partial charge in [0.2, 0.25) is 5.91 Å². The van der Waals surface area contributed by atoms with Crippen LogP contribution in [0.2, 0.25) is 0 Å². The van der Waals surface area contributed by atoms with Crippen LogP contribution in [0.15, 0.2) is 30.3 Å². The molecule has 3 nitrogen and oxygen atoms in total. The molecule has 128 valence electrons. The lowest BCUT2D eigenvalue weighted by atomic mass is 9.92. The molecule has 1 unspecified atom stereocenters. The Labute approximate surface area is 141 Å². The largest absolute Gasteiger partial charge is 0.336 e. The molecule has 0 radical (unpaired) electrons. The van der Waals surface area contributed by atoms with Crippen molar-refractivity contribution in [2.45, 2.75) is 58.4 Å². The number of benzene rings is 1. The lowest BCUT2D eigenvalue weighted by molar-refractivity contribution is -0.134. The van der Waals surface area contributed by atoms with Crippen LogP contribution < -0.4 is 5.32 Å². The van der Waals surface area contributed by atoms with Crippen LogP contribution in [0, 0.1) is 5.92 Å². The van der Waals surface area contributed by atoms with E-state index in [1.54, 1.807) is 0 Å². The van der Waals surface area contributed by atoms with E-state index in [0.717, 1.165) is 44.8 Å². The highest BCUT2D eigenvalue weighted by Gasteiger charge is 2.24. The fourth-order valence-corrected chi connectivity index (χ4v) is 3.65. The third-order valence-corrected chi connectivity index (χ3v) is 4.96. The number of carbonyl (C=O) groups is 1. The van der Waals surface area contributed by atoms with Gasteiger partial charge >= 0.3 is 0 Å². The normalized spacial score (nSPS) is 17.0. The van der Waals surface area contributed by atoms with Crippen molar-refractivity contribution >= 4 is 5.91 Å². The second-order valence-electron chi connectivity index (χ2n) is 6.65. The van der Waals surface area contributed by atoms with Crippen LogP contribution in [-0.4, -0.2) is 30.4 Å². The average molecular weight is 316 g/mol. The maximum Gasteiger partial charge on any atom is 0.223 e. The fraction of sp³-hybridized carbons (Fsp3) is 0.650. The van der Waals surface area contributed by atoms with Gasteiger partial charge in [0.1, 0.15) is 0 Å². The highest BCUT2D eigenvalue weighted by Crippen LogP contribution is 2.26. The summed E-state index contributed by atoms with van der Waals surface area (Å²) in [5.41, 5.74) is 1.26. The Kier molecular flexibility index (Phi) is 7.60. The van der Waals surface area contributed by atoms with Gasteiger partial charge < -0.3 is 10.2 Å². The molecule has 1 amide bonds. The molecule has 0 aliphatic carbocycles. The summed E-state index contributed by atoms with van der Waals surface area (Å²) < 4.78 is 0. The first kappa shape index (κ1) is 18.0. The molecular formula is C20H32N2O. The molecule has 1 fully saturated rings. The summed E-state index contributed by atoms with van der Waals surface area (Å²) in [6.07, 6.45) is 6.18. The Morgan fingerprint density at radius 1 is 1.22 bits per heavy atom. The maximum atomic E-state index is 12.9. The van der Waals surface area contributed by atoms with E-state index in [9.17, 15) is 4.79 Å². The zero-order chi connectivity index (χ0) is 16.5. The summed E-state index contributed by atoms with van der Waals surface area (Å²) in [4.78, 5) is 15.0. The number of hydrogen-bond donors (Lipinski definition) is 1. The standard InChI is InChI=1S/C20H32N2O/c1-3-16-22(19(4-2)18-8-6-5-7-9-18)20(23)11-10-17-12-14-21-15-13-17/h5-9,17,19,21H,3-4,10-16H2,1-2H3. The number of rotatable bonds is 8. The zero-order valence-electron chi connectivity index (χ0n) is 14.8. The molecule has 1 N–H and O–H groups in total. The van der Waals surface area contributed by atoms with E-state index in [4.69, 9.17) is 0 Å². The van der Waals surface area contributed by atoms with E-state index in [1.807, 2.05) is 6.07 Å². The topological polar surface area (TPSA) is 32.3 Å². The van der Waals surface area contributed by atoms with Crippen LogP contribution in [0.1, 0.15) is 64.0 Å². The monoisotopic (exact) mass is 316 g/mol. The van der Waals surface area contributed by atoms with Crippen molar-refractivity contribution in [1.82, 2.24) is 10.2 Å². The zero-order valence-corrected chi connectivity index (χ0v) is 14.8. The van der Waals surface area contributed by atoms with E-state index < -0.39 is 0 Å². The Bertz CT molecular complexity index is 454. The van der Waals surface area contributed by atoms with Crippen LogP contribution >= 0.6 is 0 Å². The van der Waals surface area contributed by atoms with Crippen molar-refractivity contribution < 1.29 is 4.79 Å². The van der Waals surface area contributed by atoms with Crippen molar-refractivity contribution in [2.75, 3.05) is 19.6 Å². The molecule has 23 heavy (non-hydrogen) atoms. The molecule has 3 heteroatoms. The van der Waals surface area contributed by atoms with Gasteiger partial charge in [-0.3, -0.25) is 4.79 Å². The quantitative estimate of drug-likeness (QED) is 0.781. The average Bonchev–Trinajstić information content (AvgIpc) is 2.61. The van der Waals surface area contributed by atoms with Gasteiger partial charge in [0, 0.05) is 13.0 Å². The van der Waals surface area contributed by atoms with Gasteiger partial charge in [-0.15, -0.1) is 0 Å². The number of amides is 1. The molecule has 1 heterocycles. The van der Waals surface area contributed by atoms with E-state index >= 15 is 0 Å². The molecule has 0 saturated carbocycles. The van der Waals surface area contributed by atoms with Crippen LogP contribution in [0.5, 0.6) is 0 Å². The Balaban J connectivity index is 1.98.